The highest BCUT2D eigenvalue weighted by molar-refractivity contribution is 6.22. The van der Waals surface area contributed by atoms with Crippen molar-refractivity contribution in [2.75, 3.05) is 0 Å². The highest BCUT2D eigenvalue weighted by atomic mass is 16.3. The molecular weight excluding hydrogens is 699 g/mol. The quantitative estimate of drug-likeness (QED) is 0.177. The highest BCUT2D eigenvalue weighted by Crippen LogP contribution is 2.42. The minimum Gasteiger partial charge on any atom is -0.454 e. The van der Waals surface area contributed by atoms with Crippen molar-refractivity contribution in [3.8, 4) is 45.5 Å². The molecule has 12 rings (SSSR count). The standard InChI is InChI=1S/C51H31N5O/c1-4-14-32(15-5-1)49-52-50(33-16-6-2-7-17-33)54-51(53-49)34-24-26-39-41-28-27-40-42-31-36(55-43-22-12-10-20-37(43)38-21-11-13-23-44(38)55)25-29-45(42)56(35-18-8-3-9-19-35)47(40)48(41)57-46(39)30-34/h1-31H. The van der Waals surface area contributed by atoms with Gasteiger partial charge in [-0.25, -0.2) is 15.0 Å². The van der Waals surface area contributed by atoms with Crippen molar-refractivity contribution in [3.05, 3.63) is 188 Å². The van der Waals surface area contributed by atoms with Crippen LogP contribution in [0.25, 0.3) is 111 Å². The van der Waals surface area contributed by atoms with E-state index in [1.54, 1.807) is 0 Å². The van der Waals surface area contributed by atoms with Crippen molar-refractivity contribution < 1.29 is 4.42 Å². The molecule has 6 nitrogen and oxygen atoms in total. The van der Waals surface area contributed by atoms with E-state index in [-0.39, 0.29) is 0 Å². The molecule has 6 heteroatoms. The number of benzene rings is 8. The smallest absolute Gasteiger partial charge is 0.164 e. The van der Waals surface area contributed by atoms with Gasteiger partial charge in [-0.15, -0.1) is 0 Å². The van der Waals surface area contributed by atoms with Gasteiger partial charge in [0, 0.05) is 60.4 Å². The second kappa shape index (κ2) is 12.3. The summed E-state index contributed by atoms with van der Waals surface area (Å²) in [5, 5.41) is 6.86. The van der Waals surface area contributed by atoms with Crippen LogP contribution in [0.2, 0.25) is 0 Å². The molecule has 57 heavy (non-hydrogen) atoms. The number of aromatic nitrogens is 5. The van der Waals surface area contributed by atoms with Crippen molar-refractivity contribution in [1.29, 1.82) is 0 Å². The summed E-state index contributed by atoms with van der Waals surface area (Å²) in [6.45, 7) is 0. The molecule has 0 radical (unpaired) electrons. The molecular formula is C51H31N5O. The maximum absolute atomic E-state index is 6.97. The van der Waals surface area contributed by atoms with Gasteiger partial charge in [0.15, 0.2) is 23.1 Å². The van der Waals surface area contributed by atoms with Gasteiger partial charge in [0.25, 0.3) is 0 Å². The summed E-state index contributed by atoms with van der Waals surface area (Å²) in [4.78, 5) is 14.9. The fourth-order valence-corrected chi connectivity index (χ4v) is 8.58. The SMILES string of the molecule is c1ccc(-c2nc(-c3ccccc3)nc(-c3ccc4c(c3)oc3c4ccc4c5cc(-n6c7ccccc7c7ccccc76)ccc5n(-c5ccccc5)c43)n2)cc1. The third-order valence-electron chi connectivity index (χ3n) is 11.2. The zero-order chi connectivity index (χ0) is 37.5. The van der Waals surface area contributed by atoms with Crippen molar-refractivity contribution in [1.82, 2.24) is 24.1 Å². The van der Waals surface area contributed by atoms with Crippen LogP contribution in [0.3, 0.4) is 0 Å². The van der Waals surface area contributed by atoms with Gasteiger partial charge in [0.05, 0.1) is 22.1 Å². The van der Waals surface area contributed by atoms with Gasteiger partial charge in [0.1, 0.15) is 5.58 Å². The van der Waals surface area contributed by atoms with Crippen molar-refractivity contribution >= 4 is 65.6 Å². The normalized spacial score (nSPS) is 11.9. The Morgan fingerprint density at radius 1 is 0.333 bits per heavy atom. The summed E-state index contributed by atoms with van der Waals surface area (Å²) < 4.78 is 11.7. The summed E-state index contributed by atoms with van der Waals surface area (Å²) in [6.07, 6.45) is 0. The first-order valence-corrected chi connectivity index (χ1v) is 19.1. The molecule has 266 valence electrons. The first kappa shape index (κ1) is 31.5. The molecule has 0 atom stereocenters. The average Bonchev–Trinajstić information content (AvgIpc) is 3.94. The fourth-order valence-electron chi connectivity index (χ4n) is 8.58. The largest absolute Gasteiger partial charge is 0.454 e. The van der Waals surface area contributed by atoms with E-state index >= 15 is 0 Å². The summed E-state index contributed by atoms with van der Waals surface area (Å²) in [5.41, 5.74) is 11.0. The van der Waals surface area contributed by atoms with E-state index in [2.05, 4.69) is 137 Å². The van der Waals surface area contributed by atoms with Crippen LogP contribution in [0.1, 0.15) is 0 Å². The lowest BCUT2D eigenvalue weighted by atomic mass is 10.1. The maximum Gasteiger partial charge on any atom is 0.164 e. The van der Waals surface area contributed by atoms with E-state index in [0.717, 1.165) is 71.8 Å². The third kappa shape index (κ3) is 4.87. The average molecular weight is 730 g/mol. The van der Waals surface area contributed by atoms with Crippen LogP contribution in [0.15, 0.2) is 192 Å². The van der Waals surface area contributed by atoms with E-state index in [1.807, 2.05) is 60.7 Å². The second-order valence-electron chi connectivity index (χ2n) is 14.4. The number of hydrogen-bond acceptors (Lipinski definition) is 4. The zero-order valence-corrected chi connectivity index (χ0v) is 30.5. The van der Waals surface area contributed by atoms with Crippen LogP contribution in [0.5, 0.6) is 0 Å². The summed E-state index contributed by atoms with van der Waals surface area (Å²) in [5.74, 6) is 1.84. The molecule has 0 aliphatic rings. The molecule has 0 unspecified atom stereocenters. The molecule has 0 bridgehead atoms. The Morgan fingerprint density at radius 3 is 1.51 bits per heavy atom. The van der Waals surface area contributed by atoms with Crippen molar-refractivity contribution in [2.24, 2.45) is 0 Å². The van der Waals surface area contributed by atoms with Crippen molar-refractivity contribution in [2.45, 2.75) is 0 Å². The Kier molecular flexibility index (Phi) is 6.83. The lowest BCUT2D eigenvalue weighted by molar-refractivity contribution is 0.671. The Balaban J connectivity index is 1.09. The van der Waals surface area contributed by atoms with E-state index < -0.39 is 0 Å². The van der Waals surface area contributed by atoms with Gasteiger partial charge >= 0.3 is 0 Å². The van der Waals surface area contributed by atoms with Gasteiger partial charge in [-0.1, -0.05) is 127 Å². The molecule has 0 spiro atoms. The minimum atomic E-state index is 0.589. The van der Waals surface area contributed by atoms with Gasteiger partial charge in [-0.05, 0) is 60.7 Å². The summed E-state index contributed by atoms with van der Waals surface area (Å²) in [6, 6.07) is 65.5. The van der Waals surface area contributed by atoms with E-state index in [0.29, 0.717) is 17.5 Å². The van der Waals surface area contributed by atoms with Crippen LogP contribution in [-0.2, 0) is 0 Å². The first-order valence-electron chi connectivity index (χ1n) is 19.1. The molecule has 0 aliphatic carbocycles. The first-order chi connectivity index (χ1) is 28.3. The predicted octanol–water partition coefficient (Wildman–Crippen LogP) is 13.0. The lowest BCUT2D eigenvalue weighted by Gasteiger charge is -2.10. The topological polar surface area (TPSA) is 61.7 Å². The third-order valence-corrected chi connectivity index (χ3v) is 11.2. The Hall–Kier alpha value is -7.83. The van der Waals surface area contributed by atoms with E-state index in [1.165, 1.54) is 21.8 Å². The molecule has 8 aromatic carbocycles. The van der Waals surface area contributed by atoms with Crippen LogP contribution < -0.4 is 0 Å². The molecule has 0 amide bonds. The minimum absolute atomic E-state index is 0.589. The molecule has 0 fully saturated rings. The molecule has 0 saturated carbocycles. The molecule has 4 heterocycles. The Morgan fingerprint density at radius 2 is 0.860 bits per heavy atom. The number of nitrogens with zero attached hydrogens (tertiary/aromatic N) is 5. The van der Waals surface area contributed by atoms with Crippen LogP contribution in [0, 0.1) is 0 Å². The second-order valence-corrected chi connectivity index (χ2v) is 14.4. The zero-order valence-electron chi connectivity index (χ0n) is 30.5. The van der Waals surface area contributed by atoms with Crippen LogP contribution in [0.4, 0.5) is 0 Å². The van der Waals surface area contributed by atoms with Gasteiger partial charge < -0.3 is 13.6 Å². The number of furan rings is 1. The molecule has 0 saturated heterocycles. The Bertz CT molecular complexity index is 3400. The lowest BCUT2D eigenvalue weighted by Crippen LogP contribution is -2.00. The van der Waals surface area contributed by atoms with Crippen molar-refractivity contribution in [3.63, 3.8) is 0 Å². The van der Waals surface area contributed by atoms with E-state index in [4.69, 9.17) is 19.4 Å². The monoisotopic (exact) mass is 729 g/mol. The van der Waals surface area contributed by atoms with Crippen LogP contribution >= 0.6 is 0 Å². The molecule has 0 aliphatic heterocycles. The van der Waals surface area contributed by atoms with Crippen LogP contribution in [-0.4, -0.2) is 24.1 Å². The predicted molar refractivity (Wildman–Crippen MR) is 232 cm³/mol. The number of fused-ring (bicyclic) bond motifs is 10. The number of para-hydroxylation sites is 3. The molecule has 4 aromatic heterocycles. The Labute approximate surface area is 326 Å². The van der Waals surface area contributed by atoms with Gasteiger partial charge in [0.2, 0.25) is 0 Å². The molecule has 0 N–H and O–H groups in total. The number of hydrogen-bond donors (Lipinski definition) is 0. The summed E-state index contributed by atoms with van der Waals surface area (Å²) in [7, 11) is 0. The molecule has 12 aromatic rings. The summed E-state index contributed by atoms with van der Waals surface area (Å²) >= 11 is 0. The highest BCUT2D eigenvalue weighted by Gasteiger charge is 2.21. The fraction of sp³-hybridized carbons (Fsp3) is 0. The number of rotatable bonds is 5. The van der Waals surface area contributed by atoms with Gasteiger partial charge in [-0.2, -0.15) is 0 Å². The van der Waals surface area contributed by atoms with Gasteiger partial charge in [-0.3, -0.25) is 0 Å². The maximum atomic E-state index is 6.97. The van der Waals surface area contributed by atoms with E-state index in [9.17, 15) is 0 Å².